The summed E-state index contributed by atoms with van der Waals surface area (Å²) in [6, 6.07) is 7.57. The van der Waals surface area contributed by atoms with Crippen molar-refractivity contribution in [3.63, 3.8) is 0 Å². The van der Waals surface area contributed by atoms with Gasteiger partial charge >= 0.3 is 0 Å². The lowest BCUT2D eigenvalue weighted by Crippen LogP contribution is -2.23. The molecule has 1 aromatic rings. The molecule has 0 amide bonds. The number of carbonyl (C=O) groups excluding carboxylic acids is 1. The van der Waals surface area contributed by atoms with Crippen LogP contribution in [0, 0.1) is 5.92 Å². The summed E-state index contributed by atoms with van der Waals surface area (Å²) in [5.74, 6) is 1.26. The maximum Gasteiger partial charge on any atom is 0.165 e. The average molecular weight is 276 g/mol. The molecule has 0 aromatic heterocycles. The van der Waals surface area contributed by atoms with Gasteiger partial charge in [0.2, 0.25) is 0 Å². The molecule has 0 saturated heterocycles. The molecule has 0 bridgehead atoms. The third-order valence-electron chi connectivity index (χ3n) is 3.21. The van der Waals surface area contributed by atoms with Gasteiger partial charge in [-0.3, -0.25) is 4.79 Å². The zero-order valence-corrected chi connectivity index (χ0v) is 13.5. The Hall–Kier alpha value is -1.31. The molecule has 1 rings (SSSR count). The number of ether oxygens (including phenoxy) is 1. The van der Waals surface area contributed by atoms with Crippen LogP contribution in [0.3, 0.4) is 0 Å². The summed E-state index contributed by atoms with van der Waals surface area (Å²) in [4.78, 5) is 12.5. The van der Waals surface area contributed by atoms with E-state index in [9.17, 15) is 4.79 Å². The molecule has 0 aliphatic heterocycles. The summed E-state index contributed by atoms with van der Waals surface area (Å²) in [5, 5.41) is 0. The molecule has 0 saturated carbocycles. The zero-order chi connectivity index (χ0) is 15.2. The van der Waals surface area contributed by atoms with E-state index in [0.29, 0.717) is 0 Å². The molecule has 0 radical (unpaired) electrons. The van der Waals surface area contributed by atoms with Crippen LogP contribution >= 0.6 is 0 Å². The van der Waals surface area contributed by atoms with Gasteiger partial charge in [-0.05, 0) is 57.9 Å². The van der Waals surface area contributed by atoms with E-state index in [0.717, 1.165) is 37.0 Å². The van der Waals surface area contributed by atoms with E-state index in [1.807, 2.05) is 45.0 Å². The van der Waals surface area contributed by atoms with Crippen molar-refractivity contribution in [1.29, 1.82) is 0 Å². The summed E-state index contributed by atoms with van der Waals surface area (Å²) in [7, 11) is 0. The van der Waals surface area contributed by atoms with Crippen molar-refractivity contribution in [3.05, 3.63) is 29.8 Å². The number of hydrogen-bond acceptors (Lipinski definition) is 2. The van der Waals surface area contributed by atoms with Crippen LogP contribution in [0.1, 0.15) is 70.7 Å². The second-order valence-electron chi connectivity index (χ2n) is 6.38. The first-order valence-corrected chi connectivity index (χ1v) is 7.70. The van der Waals surface area contributed by atoms with E-state index in [1.54, 1.807) is 0 Å². The summed E-state index contributed by atoms with van der Waals surface area (Å²) >= 11 is 0. The Morgan fingerprint density at radius 1 is 1.05 bits per heavy atom. The lowest BCUT2D eigenvalue weighted by Gasteiger charge is -2.21. The van der Waals surface area contributed by atoms with Gasteiger partial charge in [-0.15, -0.1) is 0 Å². The minimum absolute atomic E-state index is 0.166. The number of rotatable bonds is 7. The molecule has 0 aliphatic carbocycles. The van der Waals surface area contributed by atoms with Crippen molar-refractivity contribution in [2.24, 2.45) is 5.92 Å². The summed E-state index contributed by atoms with van der Waals surface area (Å²) in [6.07, 6.45) is 4.07. The maximum absolute atomic E-state index is 12.5. The van der Waals surface area contributed by atoms with E-state index in [-0.39, 0.29) is 17.3 Å². The Morgan fingerprint density at radius 2 is 1.55 bits per heavy atom. The summed E-state index contributed by atoms with van der Waals surface area (Å²) in [5.41, 5.74) is 0.594. The van der Waals surface area contributed by atoms with Gasteiger partial charge in [-0.1, -0.05) is 26.7 Å². The molecular formula is C18H28O2. The van der Waals surface area contributed by atoms with Gasteiger partial charge in [-0.2, -0.15) is 0 Å². The fourth-order valence-electron chi connectivity index (χ4n) is 2.38. The van der Waals surface area contributed by atoms with E-state index >= 15 is 0 Å². The minimum atomic E-state index is -0.210. The predicted octanol–water partition coefficient (Wildman–Crippen LogP) is 5.26. The molecule has 0 aliphatic rings. The normalized spacial score (nSPS) is 11.7. The molecule has 0 atom stereocenters. The molecule has 0 heterocycles. The number of benzene rings is 1. The van der Waals surface area contributed by atoms with Crippen molar-refractivity contribution in [3.8, 4) is 5.75 Å². The summed E-state index contributed by atoms with van der Waals surface area (Å²) in [6.45, 7) is 10.3. The quantitative estimate of drug-likeness (QED) is 0.635. The fourth-order valence-corrected chi connectivity index (χ4v) is 2.38. The van der Waals surface area contributed by atoms with Crippen LogP contribution in [0.2, 0.25) is 0 Å². The Kier molecular flexibility index (Phi) is 6.25. The average Bonchev–Trinajstić information content (AvgIpc) is 2.37. The van der Waals surface area contributed by atoms with Crippen molar-refractivity contribution in [2.75, 3.05) is 0 Å². The number of ketones is 1. The first-order valence-electron chi connectivity index (χ1n) is 7.70. The monoisotopic (exact) mass is 276 g/mol. The third-order valence-corrected chi connectivity index (χ3v) is 3.21. The molecule has 112 valence electrons. The molecule has 0 fully saturated rings. The molecular weight excluding hydrogens is 248 g/mol. The maximum atomic E-state index is 12.5. The fraction of sp³-hybridized carbons (Fsp3) is 0.611. The topological polar surface area (TPSA) is 26.3 Å². The van der Waals surface area contributed by atoms with Gasteiger partial charge in [0.05, 0.1) is 0 Å². The number of Topliss-reactive ketones (excluding diaryl/α,β-unsaturated/α-hetero) is 1. The number of hydrogen-bond donors (Lipinski definition) is 0. The van der Waals surface area contributed by atoms with Crippen molar-refractivity contribution >= 4 is 5.78 Å². The highest BCUT2D eigenvalue weighted by atomic mass is 16.5. The lowest BCUT2D eigenvalue weighted by molar-refractivity contribution is 0.0905. The van der Waals surface area contributed by atoms with Gasteiger partial charge < -0.3 is 4.74 Å². The highest BCUT2D eigenvalue weighted by molar-refractivity contribution is 5.97. The van der Waals surface area contributed by atoms with Crippen molar-refractivity contribution in [2.45, 2.75) is 65.9 Å². The van der Waals surface area contributed by atoms with Gasteiger partial charge in [0.15, 0.2) is 5.78 Å². The molecule has 20 heavy (non-hydrogen) atoms. The standard InChI is InChI=1S/C18H28O2/c1-6-8-14(9-7-2)17(19)15-10-12-16(13-11-15)20-18(3,4)5/h10-14H,6-9H2,1-5H3. The van der Waals surface area contributed by atoms with Crippen LogP contribution in [0.4, 0.5) is 0 Å². The zero-order valence-electron chi connectivity index (χ0n) is 13.5. The van der Waals surface area contributed by atoms with E-state index < -0.39 is 0 Å². The van der Waals surface area contributed by atoms with Crippen LogP contribution in [-0.4, -0.2) is 11.4 Å². The van der Waals surface area contributed by atoms with Crippen LogP contribution in [0.5, 0.6) is 5.75 Å². The Balaban J connectivity index is 2.78. The lowest BCUT2D eigenvalue weighted by atomic mass is 9.90. The van der Waals surface area contributed by atoms with Crippen LogP contribution in [0.25, 0.3) is 0 Å². The molecule has 0 spiro atoms. The second-order valence-corrected chi connectivity index (χ2v) is 6.38. The number of carbonyl (C=O) groups is 1. The minimum Gasteiger partial charge on any atom is -0.488 e. The van der Waals surface area contributed by atoms with Crippen LogP contribution < -0.4 is 4.74 Å². The summed E-state index contributed by atoms with van der Waals surface area (Å²) < 4.78 is 5.78. The Bertz CT molecular complexity index is 406. The van der Waals surface area contributed by atoms with E-state index in [1.165, 1.54) is 0 Å². The molecule has 0 unspecified atom stereocenters. The highest BCUT2D eigenvalue weighted by Crippen LogP contribution is 2.23. The second kappa shape index (κ2) is 7.47. The molecule has 2 nitrogen and oxygen atoms in total. The van der Waals surface area contributed by atoms with Crippen molar-refractivity contribution in [1.82, 2.24) is 0 Å². The van der Waals surface area contributed by atoms with Gasteiger partial charge in [0, 0.05) is 11.5 Å². The van der Waals surface area contributed by atoms with Crippen LogP contribution in [0.15, 0.2) is 24.3 Å². The highest BCUT2D eigenvalue weighted by Gasteiger charge is 2.19. The molecule has 0 N–H and O–H groups in total. The molecule has 1 aromatic carbocycles. The first-order chi connectivity index (χ1) is 9.37. The van der Waals surface area contributed by atoms with Crippen LogP contribution in [-0.2, 0) is 0 Å². The largest absolute Gasteiger partial charge is 0.488 e. The third kappa shape index (κ3) is 5.36. The van der Waals surface area contributed by atoms with Crippen molar-refractivity contribution < 1.29 is 9.53 Å². The molecule has 2 heteroatoms. The Labute approximate surface area is 123 Å². The Morgan fingerprint density at radius 3 is 1.95 bits per heavy atom. The van der Waals surface area contributed by atoms with E-state index in [2.05, 4.69) is 13.8 Å². The van der Waals surface area contributed by atoms with Gasteiger partial charge in [-0.25, -0.2) is 0 Å². The smallest absolute Gasteiger partial charge is 0.165 e. The first kappa shape index (κ1) is 16.7. The van der Waals surface area contributed by atoms with Gasteiger partial charge in [0.25, 0.3) is 0 Å². The van der Waals surface area contributed by atoms with Gasteiger partial charge in [0.1, 0.15) is 11.4 Å². The SMILES string of the molecule is CCCC(CCC)C(=O)c1ccc(OC(C)(C)C)cc1. The van der Waals surface area contributed by atoms with E-state index in [4.69, 9.17) is 4.74 Å². The predicted molar refractivity (Wildman–Crippen MR) is 84.5 cm³/mol.